The van der Waals surface area contributed by atoms with Gasteiger partial charge in [-0.1, -0.05) is 12.1 Å². The zero-order valence-electron chi connectivity index (χ0n) is 7.76. The van der Waals surface area contributed by atoms with E-state index in [0.29, 0.717) is 11.5 Å². The lowest BCUT2D eigenvalue weighted by atomic mass is 10.0. The fourth-order valence-corrected chi connectivity index (χ4v) is 1.61. The van der Waals surface area contributed by atoms with Crippen LogP contribution in [-0.4, -0.2) is 0 Å². The van der Waals surface area contributed by atoms with Crippen molar-refractivity contribution in [1.29, 1.82) is 0 Å². The Labute approximate surface area is 77.8 Å². The molecule has 1 nitrogen and oxygen atoms in total. The molecular formula is C11H14FN. The van der Waals surface area contributed by atoms with E-state index in [0.717, 1.165) is 18.4 Å². The number of aryl methyl sites for hydroxylation is 1. The minimum atomic E-state index is -0.153. The molecule has 0 saturated heterocycles. The Morgan fingerprint density at radius 3 is 2.69 bits per heavy atom. The van der Waals surface area contributed by atoms with Gasteiger partial charge in [-0.2, -0.15) is 0 Å². The summed E-state index contributed by atoms with van der Waals surface area (Å²) < 4.78 is 13.4. The van der Waals surface area contributed by atoms with E-state index < -0.39 is 0 Å². The summed E-state index contributed by atoms with van der Waals surface area (Å²) in [6.45, 7) is 1.88. The standard InChI is InChI=1S/C11H14FN/c1-7-2-5-9(10(12)6-7)11(13)8-3-4-8/h2,5-6,8,11H,3-4,13H2,1H3. The van der Waals surface area contributed by atoms with Gasteiger partial charge >= 0.3 is 0 Å². The fourth-order valence-electron chi connectivity index (χ4n) is 1.61. The predicted molar refractivity (Wildman–Crippen MR) is 50.8 cm³/mol. The molecule has 1 atom stereocenters. The first-order valence-electron chi connectivity index (χ1n) is 4.70. The number of nitrogens with two attached hydrogens (primary N) is 1. The fraction of sp³-hybridized carbons (Fsp3) is 0.455. The number of hydrogen-bond acceptors (Lipinski definition) is 1. The van der Waals surface area contributed by atoms with Crippen LogP contribution in [0.1, 0.15) is 30.0 Å². The quantitative estimate of drug-likeness (QED) is 0.741. The van der Waals surface area contributed by atoms with Crippen LogP contribution >= 0.6 is 0 Å². The highest BCUT2D eigenvalue weighted by Gasteiger charge is 2.30. The zero-order valence-corrected chi connectivity index (χ0v) is 7.76. The van der Waals surface area contributed by atoms with Crippen molar-refractivity contribution in [3.8, 4) is 0 Å². The Morgan fingerprint density at radius 2 is 2.15 bits per heavy atom. The molecule has 0 amide bonds. The van der Waals surface area contributed by atoms with E-state index in [1.165, 1.54) is 0 Å². The van der Waals surface area contributed by atoms with Crippen LogP contribution in [0.3, 0.4) is 0 Å². The monoisotopic (exact) mass is 179 g/mol. The van der Waals surface area contributed by atoms with E-state index in [4.69, 9.17) is 5.73 Å². The molecule has 1 aromatic carbocycles. The van der Waals surface area contributed by atoms with Gasteiger partial charge in [0, 0.05) is 11.6 Å². The van der Waals surface area contributed by atoms with Gasteiger partial charge < -0.3 is 5.73 Å². The SMILES string of the molecule is Cc1ccc(C(N)C2CC2)c(F)c1. The third-order valence-corrected chi connectivity index (χ3v) is 2.64. The van der Waals surface area contributed by atoms with Crippen molar-refractivity contribution >= 4 is 0 Å². The van der Waals surface area contributed by atoms with Gasteiger partial charge in [-0.15, -0.1) is 0 Å². The number of halogens is 1. The van der Waals surface area contributed by atoms with E-state index in [1.807, 2.05) is 19.1 Å². The van der Waals surface area contributed by atoms with Crippen LogP contribution in [0, 0.1) is 18.7 Å². The van der Waals surface area contributed by atoms with Crippen LogP contribution in [-0.2, 0) is 0 Å². The van der Waals surface area contributed by atoms with Gasteiger partial charge in [0.25, 0.3) is 0 Å². The van der Waals surface area contributed by atoms with E-state index in [9.17, 15) is 4.39 Å². The summed E-state index contributed by atoms with van der Waals surface area (Å²) in [5.74, 6) is 0.358. The molecule has 13 heavy (non-hydrogen) atoms. The molecule has 2 rings (SSSR count). The Morgan fingerprint density at radius 1 is 1.46 bits per heavy atom. The molecule has 0 aliphatic heterocycles. The summed E-state index contributed by atoms with van der Waals surface area (Å²) in [5, 5.41) is 0. The van der Waals surface area contributed by atoms with E-state index in [-0.39, 0.29) is 11.9 Å². The van der Waals surface area contributed by atoms with Crippen molar-refractivity contribution < 1.29 is 4.39 Å². The third kappa shape index (κ3) is 1.73. The summed E-state index contributed by atoms with van der Waals surface area (Å²) >= 11 is 0. The lowest BCUT2D eigenvalue weighted by Crippen LogP contribution is -2.14. The van der Waals surface area contributed by atoms with Crippen LogP contribution in [0.2, 0.25) is 0 Å². The molecule has 2 heteroatoms. The topological polar surface area (TPSA) is 26.0 Å². The van der Waals surface area contributed by atoms with Crippen LogP contribution < -0.4 is 5.73 Å². The second-order valence-electron chi connectivity index (χ2n) is 3.89. The van der Waals surface area contributed by atoms with Gasteiger partial charge in [-0.3, -0.25) is 0 Å². The maximum absolute atomic E-state index is 13.4. The van der Waals surface area contributed by atoms with Crippen molar-refractivity contribution in [3.05, 3.63) is 35.1 Å². The molecule has 0 radical (unpaired) electrons. The molecule has 1 unspecified atom stereocenters. The molecule has 2 N–H and O–H groups in total. The summed E-state index contributed by atoms with van der Waals surface area (Å²) in [6.07, 6.45) is 2.29. The maximum atomic E-state index is 13.4. The van der Waals surface area contributed by atoms with Crippen molar-refractivity contribution in [2.24, 2.45) is 11.7 Å². The lowest BCUT2D eigenvalue weighted by Gasteiger charge is -2.11. The van der Waals surface area contributed by atoms with Crippen molar-refractivity contribution in [3.63, 3.8) is 0 Å². The summed E-state index contributed by atoms with van der Waals surface area (Å²) in [4.78, 5) is 0. The van der Waals surface area contributed by atoms with Crippen molar-refractivity contribution in [2.45, 2.75) is 25.8 Å². The molecule has 0 spiro atoms. The average molecular weight is 179 g/mol. The lowest BCUT2D eigenvalue weighted by molar-refractivity contribution is 0.553. The number of rotatable bonds is 2. The highest BCUT2D eigenvalue weighted by Crippen LogP contribution is 2.40. The Kier molecular flexibility index (Phi) is 2.08. The molecule has 0 heterocycles. The van der Waals surface area contributed by atoms with E-state index in [1.54, 1.807) is 6.07 Å². The molecule has 1 aliphatic carbocycles. The first-order valence-corrected chi connectivity index (χ1v) is 4.70. The molecular weight excluding hydrogens is 165 g/mol. The van der Waals surface area contributed by atoms with Crippen LogP contribution in [0.25, 0.3) is 0 Å². The molecule has 1 fully saturated rings. The molecule has 1 saturated carbocycles. The van der Waals surface area contributed by atoms with E-state index >= 15 is 0 Å². The number of benzene rings is 1. The first-order chi connectivity index (χ1) is 6.18. The van der Waals surface area contributed by atoms with Gasteiger partial charge in [0.15, 0.2) is 0 Å². The van der Waals surface area contributed by atoms with Gasteiger partial charge in [0.2, 0.25) is 0 Å². The van der Waals surface area contributed by atoms with Crippen molar-refractivity contribution in [2.75, 3.05) is 0 Å². The second kappa shape index (κ2) is 3.11. The second-order valence-corrected chi connectivity index (χ2v) is 3.89. The summed E-state index contributed by atoms with van der Waals surface area (Å²) in [6, 6.07) is 5.19. The summed E-state index contributed by atoms with van der Waals surface area (Å²) in [7, 11) is 0. The van der Waals surface area contributed by atoms with E-state index in [2.05, 4.69) is 0 Å². The minimum Gasteiger partial charge on any atom is -0.324 e. The highest BCUT2D eigenvalue weighted by molar-refractivity contribution is 5.27. The Balaban J connectivity index is 2.28. The first kappa shape index (κ1) is 8.70. The van der Waals surface area contributed by atoms with Crippen LogP contribution in [0.15, 0.2) is 18.2 Å². The Bertz CT molecular complexity index is 318. The largest absolute Gasteiger partial charge is 0.324 e. The smallest absolute Gasteiger partial charge is 0.128 e. The molecule has 1 aliphatic rings. The zero-order chi connectivity index (χ0) is 9.42. The van der Waals surface area contributed by atoms with Gasteiger partial charge in [0.1, 0.15) is 5.82 Å². The Hall–Kier alpha value is -0.890. The average Bonchev–Trinajstić information content (AvgIpc) is 2.85. The molecule has 70 valence electrons. The number of hydrogen-bond donors (Lipinski definition) is 1. The minimum absolute atomic E-state index is 0.0967. The highest BCUT2D eigenvalue weighted by atomic mass is 19.1. The third-order valence-electron chi connectivity index (χ3n) is 2.64. The summed E-state index contributed by atoms with van der Waals surface area (Å²) in [5.41, 5.74) is 7.53. The molecule has 0 bridgehead atoms. The van der Waals surface area contributed by atoms with Gasteiger partial charge in [0.05, 0.1) is 0 Å². The maximum Gasteiger partial charge on any atom is 0.128 e. The van der Waals surface area contributed by atoms with Crippen LogP contribution in [0.5, 0.6) is 0 Å². The van der Waals surface area contributed by atoms with Crippen LogP contribution in [0.4, 0.5) is 4.39 Å². The van der Waals surface area contributed by atoms with Gasteiger partial charge in [-0.25, -0.2) is 4.39 Å². The van der Waals surface area contributed by atoms with Crippen molar-refractivity contribution in [1.82, 2.24) is 0 Å². The molecule has 1 aromatic rings. The molecule has 0 aromatic heterocycles. The van der Waals surface area contributed by atoms with Gasteiger partial charge in [-0.05, 0) is 37.3 Å². The predicted octanol–water partition coefficient (Wildman–Crippen LogP) is 2.54. The normalized spacial score (nSPS) is 18.7.